The van der Waals surface area contributed by atoms with E-state index in [2.05, 4.69) is 129 Å². The molecule has 4 heteroatoms. The van der Waals surface area contributed by atoms with E-state index < -0.39 is 5.60 Å². The first-order valence-corrected chi connectivity index (χ1v) is 15.2. The van der Waals surface area contributed by atoms with Gasteiger partial charge in [-0.15, -0.1) is 0 Å². The number of hydrogen-bond acceptors (Lipinski definition) is 3. The minimum atomic E-state index is -0.754. The van der Waals surface area contributed by atoms with E-state index >= 15 is 0 Å². The van der Waals surface area contributed by atoms with Crippen LogP contribution in [-0.4, -0.2) is 31.2 Å². The summed E-state index contributed by atoms with van der Waals surface area (Å²) in [6, 6.07) is 27.3. The van der Waals surface area contributed by atoms with E-state index in [-0.39, 0.29) is 0 Å². The first-order valence-electron chi connectivity index (χ1n) is 15.2. The molecule has 0 amide bonds. The van der Waals surface area contributed by atoms with E-state index in [0.29, 0.717) is 0 Å². The van der Waals surface area contributed by atoms with Crippen molar-refractivity contribution in [3.63, 3.8) is 0 Å². The molecular formula is C37H39N3O. The van der Waals surface area contributed by atoms with Crippen molar-refractivity contribution in [2.75, 3.05) is 36.0 Å². The second kappa shape index (κ2) is 9.44. The zero-order valence-electron chi connectivity index (χ0n) is 25.1. The maximum Gasteiger partial charge on any atom is 0.188 e. The Hall–Kier alpha value is -4.18. The van der Waals surface area contributed by atoms with Gasteiger partial charge in [-0.2, -0.15) is 0 Å². The number of rotatable bonds is 6. The van der Waals surface area contributed by atoms with Gasteiger partial charge in [-0.25, -0.2) is 0 Å². The van der Waals surface area contributed by atoms with Crippen molar-refractivity contribution < 1.29 is 4.74 Å². The third-order valence-corrected chi connectivity index (χ3v) is 9.31. The van der Waals surface area contributed by atoms with Crippen LogP contribution in [0.25, 0.3) is 33.3 Å². The zero-order valence-corrected chi connectivity index (χ0v) is 25.1. The van der Waals surface area contributed by atoms with Gasteiger partial charge in [0.25, 0.3) is 0 Å². The van der Waals surface area contributed by atoms with Crippen LogP contribution in [0.15, 0.2) is 72.8 Å². The number of H-pyrrole nitrogens is 1. The zero-order chi connectivity index (χ0) is 28.5. The molecule has 1 spiro atoms. The summed E-state index contributed by atoms with van der Waals surface area (Å²) in [7, 11) is 0. The number of aromatic amines is 1. The monoisotopic (exact) mass is 541 g/mol. The fourth-order valence-electron chi connectivity index (χ4n) is 7.41. The van der Waals surface area contributed by atoms with Crippen LogP contribution in [0.5, 0.6) is 5.75 Å². The number of ether oxygens (including phenoxy) is 1. The summed E-state index contributed by atoms with van der Waals surface area (Å²) < 4.78 is 7.47. The van der Waals surface area contributed by atoms with Gasteiger partial charge in [-0.1, -0.05) is 36.4 Å². The van der Waals surface area contributed by atoms with Crippen LogP contribution in [0.1, 0.15) is 55.5 Å². The molecule has 1 N–H and O–H groups in total. The highest BCUT2D eigenvalue weighted by Crippen LogP contribution is 2.61. The molecule has 7 rings (SSSR count). The molecule has 208 valence electrons. The van der Waals surface area contributed by atoms with E-state index in [1.165, 1.54) is 61.4 Å². The van der Waals surface area contributed by atoms with E-state index in [1.54, 1.807) is 0 Å². The topological polar surface area (TPSA) is 31.5 Å². The smallest absolute Gasteiger partial charge is 0.188 e. The summed E-state index contributed by atoms with van der Waals surface area (Å²) in [5.74, 6) is 0.967. The molecule has 0 bridgehead atoms. The van der Waals surface area contributed by atoms with Crippen LogP contribution in [0.3, 0.4) is 0 Å². The highest BCUT2D eigenvalue weighted by Gasteiger charge is 2.53. The van der Waals surface area contributed by atoms with Crippen molar-refractivity contribution in [2.24, 2.45) is 0 Å². The van der Waals surface area contributed by atoms with E-state index in [0.717, 1.165) is 43.0 Å². The third-order valence-electron chi connectivity index (χ3n) is 9.31. The number of anilines is 2. The number of fused-ring (bicyclic) bond motifs is 11. The van der Waals surface area contributed by atoms with Crippen LogP contribution in [-0.2, 0) is 5.60 Å². The van der Waals surface area contributed by atoms with Crippen molar-refractivity contribution in [3.05, 3.63) is 101 Å². The van der Waals surface area contributed by atoms with Gasteiger partial charge in [-0.3, -0.25) is 0 Å². The Kier molecular flexibility index (Phi) is 5.93. The van der Waals surface area contributed by atoms with Crippen molar-refractivity contribution in [2.45, 2.75) is 47.1 Å². The van der Waals surface area contributed by atoms with Gasteiger partial charge in [0, 0.05) is 70.7 Å². The molecule has 0 unspecified atom stereocenters. The number of nitrogens with one attached hydrogen (secondary N) is 1. The molecule has 2 heterocycles. The first-order chi connectivity index (χ1) is 19.9. The largest absolute Gasteiger partial charge is 0.472 e. The standard InChI is InChI=1S/C37H39N3O/c1-7-39(8-2)25-15-17-31-28(21-25)29-22-26(40(9-3)10-4)16-18-32(29)37(31)34-27-13-11-12-14-33(27)38-35(34)30-20-23(5)19-24(6)36(30)41-37/h11-22,38H,7-10H2,1-6H3. The lowest BCUT2D eigenvalue weighted by atomic mass is 9.78. The number of nitrogens with zero attached hydrogens (tertiary/aromatic N) is 2. The Morgan fingerprint density at radius 3 is 1.85 bits per heavy atom. The number of para-hydroxylation sites is 1. The van der Waals surface area contributed by atoms with Gasteiger partial charge < -0.3 is 19.5 Å². The SMILES string of the molecule is CCN(CC)c1ccc2c(c1)-c1cc(N(CC)CC)ccc1C21Oc2c(C)cc(C)cc2-c2[nH]c3ccccc3c21. The molecule has 41 heavy (non-hydrogen) atoms. The molecule has 4 nitrogen and oxygen atoms in total. The van der Waals surface area contributed by atoms with E-state index in [9.17, 15) is 0 Å². The molecule has 4 aromatic carbocycles. The number of benzene rings is 4. The fourth-order valence-corrected chi connectivity index (χ4v) is 7.41. The molecule has 0 radical (unpaired) electrons. The number of hydrogen-bond donors (Lipinski definition) is 1. The van der Waals surface area contributed by atoms with Crippen LogP contribution >= 0.6 is 0 Å². The quantitative estimate of drug-likeness (QED) is 0.233. The van der Waals surface area contributed by atoms with Crippen LogP contribution in [0, 0.1) is 13.8 Å². The van der Waals surface area contributed by atoms with Crippen molar-refractivity contribution in [1.82, 2.24) is 4.98 Å². The Bertz CT molecular complexity index is 1740. The molecule has 0 saturated heterocycles. The minimum absolute atomic E-state index is 0.754. The lowest BCUT2D eigenvalue weighted by Gasteiger charge is -2.39. The molecule has 0 saturated carbocycles. The average molecular weight is 542 g/mol. The molecule has 0 atom stereocenters. The molecule has 2 aliphatic rings. The molecule has 1 aliphatic carbocycles. The predicted octanol–water partition coefficient (Wildman–Crippen LogP) is 8.81. The lowest BCUT2D eigenvalue weighted by Crippen LogP contribution is -2.37. The molecular weight excluding hydrogens is 502 g/mol. The summed E-state index contributed by atoms with van der Waals surface area (Å²) in [5.41, 5.74) is 13.8. The van der Waals surface area contributed by atoms with Crippen LogP contribution < -0.4 is 14.5 Å². The van der Waals surface area contributed by atoms with Gasteiger partial charge in [0.15, 0.2) is 5.60 Å². The Balaban J connectivity index is 1.60. The van der Waals surface area contributed by atoms with Gasteiger partial charge >= 0.3 is 0 Å². The maximum atomic E-state index is 7.47. The van der Waals surface area contributed by atoms with Gasteiger partial charge in [0.05, 0.1) is 5.69 Å². The first kappa shape index (κ1) is 25.8. The summed E-state index contributed by atoms with van der Waals surface area (Å²) in [5, 5.41) is 1.21. The number of aromatic nitrogens is 1. The Morgan fingerprint density at radius 2 is 1.27 bits per heavy atom. The predicted molar refractivity (Wildman–Crippen MR) is 173 cm³/mol. The fraction of sp³-hybridized carbons (Fsp3) is 0.297. The van der Waals surface area contributed by atoms with Crippen molar-refractivity contribution >= 4 is 22.3 Å². The molecule has 1 aromatic heterocycles. The van der Waals surface area contributed by atoms with Crippen molar-refractivity contribution in [3.8, 4) is 28.1 Å². The normalized spacial score (nSPS) is 13.9. The van der Waals surface area contributed by atoms with Gasteiger partial charge in [-0.05, 0) is 100 Å². The molecule has 0 fully saturated rings. The van der Waals surface area contributed by atoms with E-state index in [1.807, 2.05) is 0 Å². The van der Waals surface area contributed by atoms with E-state index in [4.69, 9.17) is 4.74 Å². The highest BCUT2D eigenvalue weighted by molar-refractivity contribution is 5.99. The summed E-state index contributed by atoms with van der Waals surface area (Å²) in [6.07, 6.45) is 0. The van der Waals surface area contributed by atoms with Crippen molar-refractivity contribution in [1.29, 1.82) is 0 Å². The maximum absolute atomic E-state index is 7.47. The Labute approximate surface area is 243 Å². The highest BCUT2D eigenvalue weighted by atomic mass is 16.5. The Morgan fingerprint density at radius 1 is 0.683 bits per heavy atom. The van der Waals surface area contributed by atoms with Gasteiger partial charge in [0.2, 0.25) is 0 Å². The second-order valence-electron chi connectivity index (χ2n) is 11.5. The van der Waals surface area contributed by atoms with Crippen LogP contribution in [0.2, 0.25) is 0 Å². The van der Waals surface area contributed by atoms with Crippen LogP contribution in [0.4, 0.5) is 11.4 Å². The summed E-state index contributed by atoms with van der Waals surface area (Å²) in [4.78, 5) is 8.70. The number of aryl methyl sites for hydroxylation is 2. The second-order valence-corrected chi connectivity index (χ2v) is 11.5. The summed E-state index contributed by atoms with van der Waals surface area (Å²) in [6.45, 7) is 17.2. The average Bonchev–Trinajstić information content (AvgIpc) is 3.50. The molecule has 1 aliphatic heterocycles. The molecule has 5 aromatic rings. The summed E-state index contributed by atoms with van der Waals surface area (Å²) >= 11 is 0. The lowest BCUT2D eigenvalue weighted by molar-refractivity contribution is 0.157. The minimum Gasteiger partial charge on any atom is -0.472 e. The van der Waals surface area contributed by atoms with Gasteiger partial charge in [0.1, 0.15) is 5.75 Å². The third kappa shape index (κ3) is 3.52.